The zero-order valence-corrected chi connectivity index (χ0v) is 14.0. The molecule has 0 spiro atoms. The van der Waals surface area contributed by atoms with E-state index in [-0.39, 0.29) is 17.3 Å². The number of carbonyl (C=O) groups excluding carboxylic acids is 1. The van der Waals surface area contributed by atoms with Crippen molar-refractivity contribution in [2.24, 2.45) is 0 Å². The van der Waals surface area contributed by atoms with E-state index in [2.05, 4.69) is 0 Å². The van der Waals surface area contributed by atoms with E-state index in [4.69, 9.17) is 0 Å². The van der Waals surface area contributed by atoms with E-state index in [0.29, 0.717) is 24.4 Å². The molecule has 1 saturated heterocycles. The van der Waals surface area contributed by atoms with E-state index in [1.54, 1.807) is 36.5 Å². The third-order valence-electron chi connectivity index (χ3n) is 4.37. The first-order chi connectivity index (χ1) is 12.1. The normalized spacial score (nSPS) is 15.7. The van der Waals surface area contributed by atoms with Crippen molar-refractivity contribution in [1.29, 1.82) is 0 Å². The van der Waals surface area contributed by atoms with E-state index >= 15 is 0 Å². The first-order valence-corrected chi connectivity index (χ1v) is 8.60. The van der Waals surface area contributed by atoms with E-state index in [1.807, 2.05) is 4.90 Å². The second-order valence-corrected chi connectivity index (χ2v) is 6.20. The number of rotatable bonds is 3. The van der Waals surface area contributed by atoms with Gasteiger partial charge in [-0.3, -0.25) is 14.2 Å². The maximum absolute atomic E-state index is 13.2. The Balaban J connectivity index is 2.02. The highest BCUT2D eigenvalue weighted by atomic mass is 19.1. The van der Waals surface area contributed by atoms with Gasteiger partial charge >= 0.3 is 0 Å². The summed E-state index contributed by atoms with van der Waals surface area (Å²) in [5, 5.41) is 0. The van der Waals surface area contributed by atoms with Gasteiger partial charge in [-0.25, -0.2) is 4.39 Å². The SMILES string of the molecule is O=C(C(=Cc1ccc(F)cc1)n1ccccc1=O)N1CCCCCC1. The molecule has 0 atom stereocenters. The smallest absolute Gasteiger partial charge is 0.270 e. The summed E-state index contributed by atoms with van der Waals surface area (Å²) >= 11 is 0. The molecule has 1 aliphatic heterocycles. The van der Waals surface area contributed by atoms with Gasteiger partial charge in [0.25, 0.3) is 11.5 Å². The lowest BCUT2D eigenvalue weighted by Crippen LogP contribution is -2.36. The number of hydrogen-bond donors (Lipinski definition) is 0. The molecule has 0 saturated carbocycles. The topological polar surface area (TPSA) is 42.3 Å². The number of carbonyl (C=O) groups is 1. The molecule has 0 unspecified atom stereocenters. The molecule has 2 aromatic rings. The molecule has 1 fully saturated rings. The van der Waals surface area contributed by atoms with Gasteiger partial charge in [0, 0.05) is 25.4 Å². The predicted molar refractivity (Wildman–Crippen MR) is 96.3 cm³/mol. The molecule has 3 rings (SSSR count). The summed E-state index contributed by atoms with van der Waals surface area (Å²) in [4.78, 5) is 27.2. The molecule has 4 nitrogen and oxygen atoms in total. The van der Waals surface area contributed by atoms with Crippen molar-refractivity contribution >= 4 is 17.7 Å². The number of halogens is 1. The monoisotopic (exact) mass is 340 g/mol. The Morgan fingerprint density at radius 3 is 2.28 bits per heavy atom. The molecule has 1 aromatic carbocycles. The fourth-order valence-electron chi connectivity index (χ4n) is 3.01. The third-order valence-corrected chi connectivity index (χ3v) is 4.37. The summed E-state index contributed by atoms with van der Waals surface area (Å²) in [5.74, 6) is -0.506. The van der Waals surface area contributed by atoms with E-state index in [9.17, 15) is 14.0 Å². The average molecular weight is 340 g/mol. The molecule has 25 heavy (non-hydrogen) atoms. The first-order valence-electron chi connectivity index (χ1n) is 8.60. The average Bonchev–Trinajstić information content (AvgIpc) is 2.91. The van der Waals surface area contributed by atoms with Crippen molar-refractivity contribution in [3.05, 3.63) is 70.4 Å². The molecule has 1 aliphatic rings. The Kier molecular flexibility index (Phi) is 5.43. The zero-order valence-electron chi connectivity index (χ0n) is 14.0. The fourth-order valence-corrected chi connectivity index (χ4v) is 3.01. The minimum Gasteiger partial charge on any atom is -0.337 e. The molecule has 5 heteroatoms. The van der Waals surface area contributed by atoms with Crippen LogP contribution in [0, 0.1) is 5.82 Å². The molecule has 0 N–H and O–H groups in total. The van der Waals surface area contributed by atoms with Gasteiger partial charge in [0.1, 0.15) is 11.5 Å². The lowest BCUT2D eigenvalue weighted by Gasteiger charge is -2.22. The molecule has 0 radical (unpaired) electrons. The summed E-state index contributed by atoms with van der Waals surface area (Å²) in [7, 11) is 0. The lowest BCUT2D eigenvalue weighted by molar-refractivity contribution is -0.125. The summed E-state index contributed by atoms with van der Waals surface area (Å²) in [6.45, 7) is 1.39. The van der Waals surface area contributed by atoms with Crippen molar-refractivity contribution in [2.75, 3.05) is 13.1 Å². The molecule has 1 aromatic heterocycles. The lowest BCUT2D eigenvalue weighted by atomic mass is 10.1. The highest BCUT2D eigenvalue weighted by molar-refractivity contribution is 6.18. The Labute approximate surface area is 146 Å². The van der Waals surface area contributed by atoms with Crippen LogP contribution < -0.4 is 5.56 Å². The molecular weight excluding hydrogens is 319 g/mol. The Morgan fingerprint density at radius 2 is 1.64 bits per heavy atom. The first kappa shape index (κ1) is 17.1. The Bertz CT molecular complexity index is 816. The van der Waals surface area contributed by atoms with Crippen LogP contribution in [0.4, 0.5) is 4.39 Å². The van der Waals surface area contributed by atoms with Crippen LogP contribution in [0.2, 0.25) is 0 Å². The number of pyridine rings is 1. The van der Waals surface area contributed by atoms with Gasteiger partial charge in [-0.1, -0.05) is 31.0 Å². The van der Waals surface area contributed by atoms with E-state index in [0.717, 1.165) is 25.7 Å². The Morgan fingerprint density at radius 1 is 0.960 bits per heavy atom. The number of benzene rings is 1. The minimum absolute atomic E-state index is 0.167. The maximum atomic E-state index is 13.2. The van der Waals surface area contributed by atoms with Crippen molar-refractivity contribution in [3.63, 3.8) is 0 Å². The maximum Gasteiger partial charge on any atom is 0.270 e. The fraction of sp³-hybridized carbons (Fsp3) is 0.300. The van der Waals surface area contributed by atoms with Crippen LogP contribution in [-0.2, 0) is 4.79 Å². The molecule has 1 amide bonds. The van der Waals surface area contributed by atoms with Gasteiger partial charge in [0.05, 0.1) is 0 Å². The number of hydrogen-bond acceptors (Lipinski definition) is 2. The van der Waals surface area contributed by atoms with Gasteiger partial charge in [-0.15, -0.1) is 0 Å². The zero-order chi connectivity index (χ0) is 17.6. The number of likely N-dealkylation sites (tertiary alicyclic amines) is 1. The van der Waals surface area contributed by atoms with Crippen molar-refractivity contribution in [1.82, 2.24) is 9.47 Å². The van der Waals surface area contributed by atoms with Crippen molar-refractivity contribution < 1.29 is 9.18 Å². The number of nitrogens with zero attached hydrogens (tertiary/aromatic N) is 2. The van der Waals surface area contributed by atoms with Crippen molar-refractivity contribution in [2.45, 2.75) is 25.7 Å². The highest BCUT2D eigenvalue weighted by Crippen LogP contribution is 2.17. The standard InChI is InChI=1S/C20H21FN2O2/c21-17-10-8-16(9-11-17)15-18(23-14-6-3-7-19(23)24)20(25)22-12-4-1-2-5-13-22/h3,6-11,14-15H,1-2,4-5,12-13H2. The second kappa shape index (κ2) is 7.92. The van der Waals surface area contributed by atoms with Crippen LogP contribution in [0.15, 0.2) is 53.5 Å². The summed E-state index contributed by atoms with van der Waals surface area (Å²) in [6.07, 6.45) is 7.41. The minimum atomic E-state index is -0.338. The van der Waals surface area contributed by atoms with Crippen LogP contribution in [0.25, 0.3) is 11.8 Å². The largest absolute Gasteiger partial charge is 0.337 e. The molecular formula is C20H21FN2O2. The molecule has 130 valence electrons. The summed E-state index contributed by atoms with van der Waals surface area (Å²) in [5.41, 5.74) is 0.702. The van der Waals surface area contributed by atoms with Crippen LogP contribution in [0.3, 0.4) is 0 Å². The number of aromatic nitrogens is 1. The van der Waals surface area contributed by atoms with Gasteiger partial charge in [-0.2, -0.15) is 0 Å². The second-order valence-electron chi connectivity index (χ2n) is 6.20. The third kappa shape index (κ3) is 4.24. The van der Waals surface area contributed by atoms with Crippen LogP contribution >= 0.6 is 0 Å². The highest BCUT2D eigenvalue weighted by Gasteiger charge is 2.21. The van der Waals surface area contributed by atoms with Gasteiger partial charge in [0.15, 0.2) is 0 Å². The van der Waals surface area contributed by atoms with Gasteiger partial charge in [0.2, 0.25) is 0 Å². The summed E-state index contributed by atoms with van der Waals surface area (Å²) < 4.78 is 14.5. The van der Waals surface area contributed by atoms with Gasteiger partial charge in [-0.05, 0) is 42.7 Å². The molecule has 0 bridgehead atoms. The molecule has 2 heterocycles. The van der Waals surface area contributed by atoms with E-state index < -0.39 is 0 Å². The van der Waals surface area contributed by atoms with Crippen LogP contribution in [0.5, 0.6) is 0 Å². The predicted octanol–water partition coefficient (Wildman–Crippen LogP) is 3.39. The number of amides is 1. The summed E-state index contributed by atoms with van der Waals surface area (Å²) in [6, 6.07) is 10.7. The quantitative estimate of drug-likeness (QED) is 0.804. The van der Waals surface area contributed by atoms with E-state index in [1.165, 1.54) is 22.8 Å². The molecule has 0 aliphatic carbocycles. The van der Waals surface area contributed by atoms with Crippen LogP contribution in [0.1, 0.15) is 31.2 Å². The van der Waals surface area contributed by atoms with Gasteiger partial charge < -0.3 is 4.90 Å². The van der Waals surface area contributed by atoms with Crippen LogP contribution in [-0.4, -0.2) is 28.5 Å². The van der Waals surface area contributed by atoms with Crippen molar-refractivity contribution in [3.8, 4) is 0 Å². The Hall–Kier alpha value is -2.69.